The molecule has 0 amide bonds. The lowest BCUT2D eigenvalue weighted by atomic mass is 9.88. The Balaban J connectivity index is 1.67. The van der Waals surface area contributed by atoms with Crippen molar-refractivity contribution in [3.8, 4) is 0 Å². The minimum absolute atomic E-state index is 0.779. The summed E-state index contributed by atoms with van der Waals surface area (Å²) >= 11 is 0. The summed E-state index contributed by atoms with van der Waals surface area (Å²) < 4.78 is 5.22. The van der Waals surface area contributed by atoms with Crippen LogP contribution < -0.4 is 5.32 Å². The molecular formula is C12H24N2O. The maximum atomic E-state index is 5.22. The first kappa shape index (κ1) is 11.4. The molecule has 0 aromatic rings. The van der Waals surface area contributed by atoms with Crippen molar-refractivity contribution in [1.29, 1.82) is 0 Å². The molecule has 2 aliphatic rings. The first-order valence-electron chi connectivity index (χ1n) is 6.21. The predicted molar refractivity (Wildman–Crippen MR) is 61.9 cm³/mol. The van der Waals surface area contributed by atoms with E-state index in [1.807, 2.05) is 7.11 Å². The van der Waals surface area contributed by atoms with E-state index in [0.29, 0.717) is 0 Å². The fourth-order valence-corrected chi connectivity index (χ4v) is 2.72. The molecule has 2 unspecified atom stereocenters. The van der Waals surface area contributed by atoms with Gasteiger partial charge in [0.25, 0.3) is 0 Å². The maximum absolute atomic E-state index is 5.22. The number of hydrogen-bond acceptors (Lipinski definition) is 3. The molecule has 15 heavy (non-hydrogen) atoms. The minimum atomic E-state index is 0.779. The van der Waals surface area contributed by atoms with Gasteiger partial charge in [0, 0.05) is 20.2 Å². The molecule has 2 fully saturated rings. The zero-order valence-corrected chi connectivity index (χ0v) is 10.0. The van der Waals surface area contributed by atoms with Crippen molar-refractivity contribution >= 4 is 0 Å². The van der Waals surface area contributed by atoms with Crippen LogP contribution in [0, 0.1) is 17.8 Å². The highest BCUT2D eigenvalue weighted by Crippen LogP contribution is 2.22. The van der Waals surface area contributed by atoms with Gasteiger partial charge in [0.2, 0.25) is 0 Å². The van der Waals surface area contributed by atoms with Crippen molar-refractivity contribution in [2.75, 3.05) is 46.4 Å². The van der Waals surface area contributed by atoms with E-state index in [1.54, 1.807) is 0 Å². The Labute approximate surface area is 93.2 Å². The Kier molecular flexibility index (Phi) is 4.00. The molecule has 0 spiro atoms. The molecule has 1 N–H and O–H groups in total. The molecule has 2 atom stereocenters. The average Bonchev–Trinajstić information content (AvgIpc) is 2.49. The van der Waals surface area contributed by atoms with Gasteiger partial charge in [-0.1, -0.05) is 6.92 Å². The van der Waals surface area contributed by atoms with Crippen LogP contribution in [0.25, 0.3) is 0 Å². The van der Waals surface area contributed by atoms with E-state index in [-0.39, 0.29) is 0 Å². The summed E-state index contributed by atoms with van der Waals surface area (Å²) in [7, 11) is 1.81. The van der Waals surface area contributed by atoms with Crippen LogP contribution in [-0.2, 0) is 4.74 Å². The van der Waals surface area contributed by atoms with Gasteiger partial charge in [0.15, 0.2) is 0 Å². The molecule has 2 aliphatic heterocycles. The standard InChI is InChI=1S/C12H24N2O/c1-10(12-5-13-6-12)7-14-4-3-11(8-14)9-15-2/h10-13H,3-9H2,1-2H3. The van der Waals surface area contributed by atoms with Crippen LogP contribution in [0.3, 0.4) is 0 Å². The molecular weight excluding hydrogens is 188 g/mol. The van der Waals surface area contributed by atoms with Gasteiger partial charge in [-0.3, -0.25) is 0 Å². The number of rotatable bonds is 5. The highest BCUT2D eigenvalue weighted by atomic mass is 16.5. The molecule has 0 bridgehead atoms. The molecule has 3 nitrogen and oxygen atoms in total. The van der Waals surface area contributed by atoms with Crippen molar-refractivity contribution in [2.24, 2.45) is 17.8 Å². The summed E-state index contributed by atoms with van der Waals surface area (Å²) in [6, 6.07) is 0. The fourth-order valence-electron chi connectivity index (χ4n) is 2.72. The first-order valence-corrected chi connectivity index (χ1v) is 6.21. The van der Waals surface area contributed by atoms with Crippen LogP contribution in [0.2, 0.25) is 0 Å². The molecule has 3 heteroatoms. The van der Waals surface area contributed by atoms with Crippen molar-refractivity contribution in [1.82, 2.24) is 10.2 Å². The predicted octanol–water partition coefficient (Wildman–Crippen LogP) is 0.810. The van der Waals surface area contributed by atoms with E-state index in [9.17, 15) is 0 Å². The van der Waals surface area contributed by atoms with Crippen molar-refractivity contribution < 1.29 is 4.74 Å². The van der Waals surface area contributed by atoms with Crippen molar-refractivity contribution in [3.63, 3.8) is 0 Å². The van der Waals surface area contributed by atoms with Crippen LogP contribution >= 0.6 is 0 Å². The summed E-state index contributed by atoms with van der Waals surface area (Å²) in [5.74, 6) is 2.56. The maximum Gasteiger partial charge on any atom is 0.0503 e. The Morgan fingerprint density at radius 3 is 2.87 bits per heavy atom. The van der Waals surface area contributed by atoms with Crippen LogP contribution in [0.1, 0.15) is 13.3 Å². The van der Waals surface area contributed by atoms with E-state index in [2.05, 4.69) is 17.1 Å². The van der Waals surface area contributed by atoms with E-state index in [0.717, 1.165) is 24.4 Å². The van der Waals surface area contributed by atoms with E-state index < -0.39 is 0 Å². The lowest BCUT2D eigenvalue weighted by molar-refractivity contribution is 0.144. The molecule has 2 rings (SSSR count). The Morgan fingerprint density at radius 1 is 1.47 bits per heavy atom. The highest BCUT2D eigenvalue weighted by Gasteiger charge is 2.28. The summed E-state index contributed by atoms with van der Waals surface area (Å²) in [6.45, 7) is 9.61. The fraction of sp³-hybridized carbons (Fsp3) is 1.00. The van der Waals surface area contributed by atoms with Gasteiger partial charge in [0.1, 0.15) is 0 Å². The second-order valence-corrected chi connectivity index (χ2v) is 5.27. The molecule has 88 valence electrons. The van der Waals surface area contributed by atoms with Crippen LogP contribution in [0.5, 0.6) is 0 Å². The van der Waals surface area contributed by atoms with Gasteiger partial charge in [-0.25, -0.2) is 0 Å². The van der Waals surface area contributed by atoms with Gasteiger partial charge in [-0.15, -0.1) is 0 Å². The van der Waals surface area contributed by atoms with Crippen LogP contribution in [0.15, 0.2) is 0 Å². The van der Waals surface area contributed by atoms with Gasteiger partial charge >= 0.3 is 0 Å². The molecule has 2 saturated heterocycles. The molecule has 0 radical (unpaired) electrons. The van der Waals surface area contributed by atoms with Gasteiger partial charge < -0.3 is 15.0 Å². The minimum Gasteiger partial charge on any atom is -0.384 e. The third-order valence-corrected chi connectivity index (χ3v) is 3.94. The van der Waals surface area contributed by atoms with Crippen molar-refractivity contribution in [3.05, 3.63) is 0 Å². The molecule has 0 aromatic carbocycles. The number of nitrogens with zero attached hydrogens (tertiary/aromatic N) is 1. The molecule has 0 saturated carbocycles. The monoisotopic (exact) mass is 212 g/mol. The van der Waals surface area contributed by atoms with Crippen LogP contribution in [0.4, 0.5) is 0 Å². The smallest absolute Gasteiger partial charge is 0.0503 e. The Bertz CT molecular complexity index is 194. The summed E-state index contributed by atoms with van der Waals surface area (Å²) in [5.41, 5.74) is 0. The van der Waals surface area contributed by atoms with Crippen LogP contribution in [-0.4, -0.2) is 51.3 Å². The van der Waals surface area contributed by atoms with Gasteiger partial charge in [-0.2, -0.15) is 0 Å². The van der Waals surface area contributed by atoms with E-state index in [4.69, 9.17) is 4.74 Å². The topological polar surface area (TPSA) is 24.5 Å². The summed E-state index contributed by atoms with van der Waals surface area (Å²) in [4.78, 5) is 2.62. The van der Waals surface area contributed by atoms with E-state index >= 15 is 0 Å². The lowest BCUT2D eigenvalue weighted by Crippen LogP contribution is -2.48. The van der Waals surface area contributed by atoms with E-state index in [1.165, 1.54) is 39.1 Å². The zero-order chi connectivity index (χ0) is 10.7. The highest BCUT2D eigenvalue weighted by molar-refractivity contribution is 4.83. The second kappa shape index (κ2) is 5.28. The second-order valence-electron chi connectivity index (χ2n) is 5.27. The zero-order valence-electron chi connectivity index (χ0n) is 10.0. The quantitative estimate of drug-likeness (QED) is 0.730. The first-order chi connectivity index (χ1) is 7.29. The van der Waals surface area contributed by atoms with Gasteiger partial charge in [0.05, 0.1) is 6.61 Å². The number of methoxy groups -OCH3 is 1. The molecule has 0 aromatic heterocycles. The summed E-state index contributed by atoms with van der Waals surface area (Å²) in [5, 5.41) is 3.36. The SMILES string of the molecule is COCC1CCN(CC(C)C2CNC2)C1. The largest absolute Gasteiger partial charge is 0.384 e. The molecule has 0 aliphatic carbocycles. The third-order valence-electron chi connectivity index (χ3n) is 3.94. The lowest BCUT2D eigenvalue weighted by Gasteiger charge is -2.34. The normalized spacial score (nSPS) is 30.4. The Morgan fingerprint density at radius 2 is 2.27 bits per heavy atom. The third kappa shape index (κ3) is 2.92. The Hall–Kier alpha value is -0.120. The number of nitrogens with one attached hydrogen (secondary N) is 1. The number of hydrogen-bond donors (Lipinski definition) is 1. The number of ether oxygens (including phenoxy) is 1. The number of likely N-dealkylation sites (tertiary alicyclic amines) is 1. The molecule has 2 heterocycles. The summed E-state index contributed by atoms with van der Waals surface area (Å²) in [6.07, 6.45) is 1.32. The van der Waals surface area contributed by atoms with Gasteiger partial charge in [-0.05, 0) is 43.8 Å². The van der Waals surface area contributed by atoms with Crippen molar-refractivity contribution in [2.45, 2.75) is 13.3 Å². The average molecular weight is 212 g/mol.